The standard InChI is InChI=1S/C6H15NO9P2.3Na/c8-4-5(9)7-3-1-2-6(10,17(11,12)13)18(14,15)16;;;/h8,10H,1-4H2,(H,7,9)(H2,11,12,13)(H2,14,15,16);;;/q;3*+1/p-3. The van der Waals surface area contributed by atoms with Crippen LogP contribution in [0.3, 0.4) is 0 Å². The van der Waals surface area contributed by atoms with Gasteiger partial charge in [-0.2, -0.15) is 0 Å². The van der Waals surface area contributed by atoms with Gasteiger partial charge in [0.1, 0.15) is 6.61 Å². The van der Waals surface area contributed by atoms with Gasteiger partial charge in [-0.3, -0.25) is 4.79 Å². The van der Waals surface area contributed by atoms with Crippen molar-refractivity contribution in [2.75, 3.05) is 13.2 Å². The van der Waals surface area contributed by atoms with Gasteiger partial charge in [-0.25, -0.2) is 0 Å². The minimum atomic E-state index is -6.01. The summed E-state index contributed by atoms with van der Waals surface area (Å²) >= 11 is 0. The van der Waals surface area contributed by atoms with Gasteiger partial charge in [-0.1, -0.05) is 0 Å². The Hall–Kier alpha value is 2.69. The van der Waals surface area contributed by atoms with Crippen molar-refractivity contribution in [3.63, 3.8) is 0 Å². The third-order valence-corrected chi connectivity index (χ3v) is 5.77. The van der Waals surface area contributed by atoms with E-state index in [4.69, 9.17) is 10.00 Å². The van der Waals surface area contributed by atoms with E-state index >= 15 is 0 Å². The van der Waals surface area contributed by atoms with Crippen molar-refractivity contribution in [2.45, 2.75) is 17.9 Å². The monoisotopic (exact) mass is 373 g/mol. The summed E-state index contributed by atoms with van der Waals surface area (Å²) in [6.07, 6.45) is -1.51. The van der Waals surface area contributed by atoms with Crippen LogP contribution in [-0.2, 0) is 13.9 Å². The van der Waals surface area contributed by atoms with E-state index < -0.39 is 45.6 Å². The molecule has 0 aliphatic carbocycles. The molecule has 0 heterocycles. The second-order valence-electron chi connectivity index (χ2n) is 3.40. The molecule has 0 fully saturated rings. The van der Waals surface area contributed by atoms with Crippen LogP contribution in [0.5, 0.6) is 0 Å². The molecular weight excluding hydrogens is 361 g/mol. The van der Waals surface area contributed by atoms with E-state index in [1.807, 2.05) is 5.32 Å². The summed E-state index contributed by atoms with van der Waals surface area (Å²) in [5.74, 6) is -0.805. The normalized spacial score (nSPS) is 16.1. The first kappa shape index (κ1) is 31.5. The van der Waals surface area contributed by atoms with Gasteiger partial charge in [0.05, 0.1) is 0 Å². The molecule has 21 heavy (non-hydrogen) atoms. The number of amides is 1. The van der Waals surface area contributed by atoms with Gasteiger partial charge in [0.25, 0.3) is 0 Å². The number of aliphatic hydroxyl groups excluding tert-OH is 1. The Morgan fingerprint density at radius 1 is 1.14 bits per heavy atom. The zero-order valence-corrected chi connectivity index (χ0v) is 19.8. The summed E-state index contributed by atoms with van der Waals surface area (Å²) in [6, 6.07) is 0. The van der Waals surface area contributed by atoms with Crippen LogP contribution >= 0.6 is 15.2 Å². The van der Waals surface area contributed by atoms with Gasteiger partial charge in [0.15, 0.2) is 12.7 Å². The summed E-state index contributed by atoms with van der Waals surface area (Å²) in [7, 11) is -11.8. The Morgan fingerprint density at radius 2 is 1.57 bits per heavy atom. The molecule has 0 saturated carbocycles. The summed E-state index contributed by atoms with van der Waals surface area (Å²) < 4.78 is 21.4. The summed E-state index contributed by atoms with van der Waals surface area (Å²) in [5, 5.41) is 15.8. The molecule has 108 valence electrons. The van der Waals surface area contributed by atoms with Gasteiger partial charge < -0.3 is 44.2 Å². The van der Waals surface area contributed by atoms with E-state index in [-0.39, 0.29) is 95.2 Å². The Kier molecular flexibility index (Phi) is 19.4. The van der Waals surface area contributed by atoms with Crippen LogP contribution in [0.4, 0.5) is 0 Å². The van der Waals surface area contributed by atoms with E-state index in [9.17, 15) is 33.7 Å². The smallest absolute Gasteiger partial charge is 0.808 e. The number of aliphatic hydroxyl groups is 2. The Labute approximate surface area is 187 Å². The fourth-order valence-electron chi connectivity index (χ4n) is 1.04. The number of nitrogens with one attached hydrogen (secondary N) is 1. The average Bonchev–Trinajstić information content (AvgIpc) is 2.20. The molecule has 0 aliphatic heterocycles. The van der Waals surface area contributed by atoms with Gasteiger partial charge in [0, 0.05) is 6.54 Å². The topological polar surface area (TPSA) is 193 Å². The molecule has 2 atom stereocenters. The minimum absolute atomic E-state index is 0. The molecule has 0 saturated heterocycles. The second kappa shape index (κ2) is 13.0. The van der Waals surface area contributed by atoms with Gasteiger partial charge >= 0.3 is 88.7 Å². The first-order valence-corrected chi connectivity index (χ1v) is 7.73. The van der Waals surface area contributed by atoms with E-state index in [2.05, 4.69) is 0 Å². The molecule has 10 nitrogen and oxygen atoms in total. The predicted octanol–water partition coefficient (Wildman–Crippen LogP) is -13.0. The predicted molar refractivity (Wildman–Crippen MR) is 51.7 cm³/mol. The van der Waals surface area contributed by atoms with Crippen molar-refractivity contribution in [3.05, 3.63) is 0 Å². The number of rotatable bonds is 7. The van der Waals surface area contributed by atoms with Crippen LogP contribution in [0.1, 0.15) is 12.8 Å². The Bertz CT molecular complexity index is 375. The fourth-order valence-corrected chi connectivity index (χ4v) is 3.15. The molecule has 0 bridgehead atoms. The van der Waals surface area contributed by atoms with Crippen molar-refractivity contribution in [3.8, 4) is 0 Å². The molecule has 0 spiro atoms. The molecule has 1 amide bonds. The number of hydrogen-bond acceptors (Lipinski definition) is 8. The first-order chi connectivity index (χ1) is 7.95. The van der Waals surface area contributed by atoms with Crippen molar-refractivity contribution in [1.29, 1.82) is 0 Å². The van der Waals surface area contributed by atoms with Crippen LogP contribution in [0, 0.1) is 0 Å². The van der Waals surface area contributed by atoms with E-state index in [0.717, 1.165) is 0 Å². The molecule has 4 N–H and O–H groups in total. The molecule has 0 aliphatic rings. The fraction of sp³-hybridized carbons (Fsp3) is 0.833. The van der Waals surface area contributed by atoms with Crippen LogP contribution in [0.2, 0.25) is 0 Å². The molecule has 0 aromatic rings. The molecule has 2 unspecified atom stereocenters. The van der Waals surface area contributed by atoms with E-state index in [1.165, 1.54) is 0 Å². The Balaban J connectivity index is -0.000000482. The third-order valence-electron chi connectivity index (χ3n) is 2.05. The molecule has 0 aromatic carbocycles. The minimum Gasteiger partial charge on any atom is -0.808 e. The van der Waals surface area contributed by atoms with Gasteiger partial charge in [-0.05, 0) is 20.4 Å². The molecule has 0 radical (unpaired) electrons. The Morgan fingerprint density at radius 3 is 1.86 bits per heavy atom. The maximum Gasteiger partial charge on any atom is 1.00 e. The van der Waals surface area contributed by atoms with Crippen molar-refractivity contribution in [1.82, 2.24) is 5.32 Å². The number of carbonyl (C=O) groups excluding carboxylic acids is 1. The van der Waals surface area contributed by atoms with Crippen molar-refractivity contribution < 1.29 is 132 Å². The van der Waals surface area contributed by atoms with Crippen molar-refractivity contribution in [2.24, 2.45) is 0 Å². The summed E-state index contributed by atoms with van der Waals surface area (Å²) in [6.45, 7) is -1.12. The SMILES string of the molecule is O=C(CO)NCCCC(O)(P(=O)([O-])[O-])P(=O)([O-])O.[Na+].[Na+].[Na+]. The van der Waals surface area contributed by atoms with Crippen LogP contribution < -0.4 is 109 Å². The van der Waals surface area contributed by atoms with Crippen LogP contribution in [0.15, 0.2) is 0 Å². The quantitative estimate of drug-likeness (QED) is 0.190. The zero-order valence-electron chi connectivity index (χ0n) is 12.0. The third kappa shape index (κ3) is 10.3. The van der Waals surface area contributed by atoms with E-state index in [1.54, 1.807) is 0 Å². The van der Waals surface area contributed by atoms with Crippen LogP contribution in [-0.4, -0.2) is 39.2 Å². The van der Waals surface area contributed by atoms with Gasteiger partial charge in [-0.15, -0.1) is 0 Å². The van der Waals surface area contributed by atoms with E-state index in [0.29, 0.717) is 0 Å². The largest absolute Gasteiger partial charge is 1.00 e. The molecular formula is C6H12NNa3O9P2. The number of carbonyl (C=O) groups is 1. The first-order valence-electron chi connectivity index (χ1n) is 4.61. The maximum absolute atomic E-state index is 10.7. The average molecular weight is 373 g/mol. The number of hydrogen-bond donors (Lipinski definition) is 4. The maximum atomic E-state index is 10.7. The van der Waals surface area contributed by atoms with Crippen molar-refractivity contribution >= 4 is 21.1 Å². The summed E-state index contributed by atoms with van der Waals surface area (Å²) in [5.41, 5.74) is 0. The molecule has 15 heteroatoms. The zero-order chi connectivity index (χ0) is 14.6. The summed E-state index contributed by atoms with van der Waals surface area (Å²) in [4.78, 5) is 51.2. The van der Waals surface area contributed by atoms with Crippen LogP contribution in [0.25, 0.3) is 0 Å². The van der Waals surface area contributed by atoms with Gasteiger partial charge in [0.2, 0.25) is 5.91 Å². The molecule has 0 rings (SSSR count). The second-order valence-corrected chi connectivity index (χ2v) is 7.27. The molecule has 0 aromatic heterocycles.